The maximum atomic E-state index is 5.99. The Morgan fingerprint density at radius 2 is 2.26 bits per heavy atom. The van der Waals surface area contributed by atoms with E-state index in [0.717, 1.165) is 38.1 Å². The average Bonchev–Trinajstić information content (AvgIpc) is 2.74. The van der Waals surface area contributed by atoms with Crippen LogP contribution in [0.4, 0.5) is 5.69 Å². The van der Waals surface area contributed by atoms with Crippen LogP contribution in [-0.4, -0.2) is 24.1 Å². The van der Waals surface area contributed by atoms with E-state index in [2.05, 4.69) is 43.4 Å². The van der Waals surface area contributed by atoms with Gasteiger partial charge in [-0.1, -0.05) is 12.1 Å². The van der Waals surface area contributed by atoms with Crippen molar-refractivity contribution in [3.63, 3.8) is 0 Å². The Bertz CT molecular complexity index is 405. The molecule has 106 valence electrons. The van der Waals surface area contributed by atoms with Gasteiger partial charge in [-0.3, -0.25) is 0 Å². The minimum Gasteiger partial charge on any atom is -0.382 e. The molecule has 0 aliphatic carbocycles. The van der Waals surface area contributed by atoms with Gasteiger partial charge in [0, 0.05) is 18.1 Å². The van der Waals surface area contributed by atoms with Crippen LogP contribution in [0, 0.1) is 0 Å². The van der Waals surface area contributed by atoms with Gasteiger partial charge in [0.15, 0.2) is 0 Å². The van der Waals surface area contributed by atoms with Gasteiger partial charge in [0.25, 0.3) is 0 Å². The van der Waals surface area contributed by atoms with Crippen LogP contribution in [0.2, 0.25) is 0 Å². The van der Waals surface area contributed by atoms with Gasteiger partial charge in [0.1, 0.15) is 0 Å². The molecule has 2 nitrogen and oxygen atoms in total. The largest absolute Gasteiger partial charge is 0.382 e. The van der Waals surface area contributed by atoms with Crippen LogP contribution in [0.25, 0.3) is 0 Å². The van der Waals surface area contributed by atoms with Crippen molar-refractivity contribution in [3.8, 4) is 0 Å². The highest BCUT2D eigenvalue weighted by atomic mass is 35.5. The first-order chi connectivity index (χ1) is 9.09. The summed E-state index contributed by atoms with van der Waals surface area (Å²) < 4.78 is 5.99. The zero-order chi connectivity index (χ0) is 13.7. The number of ether oxygens (including phenoxy) is 1. The van der Waals surface area contributed by atoms with Gasteiger partial charge in [-0.05, 0) is 57.2 Å². The molecule has 1 N–H and O–H groups in total. The number of hydrogen-bond acceptors (Lipinski definition) is 2. The summed E-state index contributed by atoms with van der Waals surface area (Å²) in [5.41, 5.74) is 2.58. The topological polar surface area (TPSA) is 21.3 Å². The van der Waals surface area contributed by atoms with Crippen molar-refractivity contribution in [3.05, 3.63) is 29.8 Å². The first-order valence-corrected chi connectivity index (χ1v) is 7.69. The van der Waals surface area contributed by atoms with Gasteiger partial charge >= 0.3 is 0 Å². The van der Waals surface area contributed by atoms with Gasteiger partial charge in [0.2, 0.25) is 0 Å². The molecule has 1 fully saturated rings. The predicted molar refractivity (Wildman–Crippen MR) is 82.2 cm³/mol. The molecule has 1 atom stereocenters. The lowest BCUT2D eigenvalue weighted by Gasteiger charge is -2.20. The standard InChI is InChI=1S/C16H24ClNO/c1-16(2)9-8-15(19-16)12-18-14-7-3-5-13(11-14)6-4-10-17/h3,5,7,11,15,18H,4,6,8-10,12H2,1-2H3. The summed E-state index contributed by atoms with van der Waals surface area (Å²) in [7, 11) is 0. The average molecular weight is 282 g/mol. The fraction of sp³-hybridized carbons (Fsp3) is 0.625. The number of rotatable bonds is 6. The summed E-state index contributed by atoms with van der Waals surface area (Å²) >= 11 is 5.73. The summed E-state index contributed by atoms with van der Waals surface area (Å²) in [5.74, 6) is 0.725. The number of halogens is 1. The van der Waals surface area contributed by atoms with Crippen LogP contribution in [-0.2, 0) is 11.2 Å². The first-order valence-electron chi connectivity index (χ1n) is 7.16. The van der Waals surface area contributed by atoms with Crippen molar-refractivity contribution in [2.45, 2.75) is 51.2 Å². The summed E-state index contributed by atoms with van der Waals surface area (Å²) in [5, 5.41) is 3.48. The second-order valence-electron chi connectivity index (χ2n) is 5.91. The van der Waals surface area contributed by atoms with Crippen molar-refractivity contribution in [1.82, 2.24) is 0 Å². The quantitative estimate of drug-likeness (QED) is 0.788. The fourth-order valence-electron chi connectivity index (χ4n) is 2.56. The van der Waals surface area contributed by atoms with Crippen LogP contribution in [0.3, 0.4) is 0 Å². The molecule has 0 saturated carbocycles. The van der Waals surface area contributed by atoms with Gasteiger partial charge in [-0.15, -0.1) is 11.6 Å². The molecule has 1 aromatic rings. The molecular weight excluding hydrogens is 258 g/mol. The lowest BCUT2D eigenvalue weighted by Crippen LogP contribution is -2.24. The predicted octanol–water partition coefficient (Wildman–Crippen LogP) is 4.23. The second kappa shape index (κ2) is 6.62. The Kier molecular flexibility index (Phi) is 5.12. The lowest BCUT2D eigenvalue weighted by molar-refractivity contribution is -0.00910. The van der Waals surface area contributed by atoms with Crippen LogP contribution >= 0.6 is 11.6 Å². The molecule has 0 radical (unpaired) electrons. The van der Waals surface area contributed by atoms with E-state index < -0.39 is 0 Å². The smallest absolute Gasteiger partial charge is 0.0755 e. The highest BCUT2D eigenvalue weighted by Crippen LogP contribution is 2.29. The number of anilines is 1. The molecule has 19 heavy (non-hydrogen) atoms. The second-order valence-corrected chi connectivity index (χ2v) is 6.29. The van der Waals surface area contributed by atoms with Gasteiger partial charge in [-0.2, -0.15) is 0 Å². The van der Waals surface area contributed by atoms with Crippen LogP contribution in [0.15, 0.2) is 24.3 Å². The van der Waals surface area contributed by atoms with Crippen LogP contribution < -0.4 is 5.32 Å². The summed E-state index contributed by atoms with van der Waals surface area (Å²) in [6.45, 7) is 5.22. The summed E-state index contributed by atoms with van der Waals surface area (Å²) in [6, 6.07) is 8.59. The molecule has 1 saturated heterocycles. The molecule has 1 aromatic carbocycles. The summed E-state index contributed by atoms with van der Waals surface area (Å²) in [6.07, 6.45) is 4.71. The minimum absolute atomic E-state index is 0.0501. The van der Waals surface area contributed by atoms with Crippen molar-refractivity contribution in [1.29, 1.82) is 0 Å². The van der Waals surface area contributed by atoms with Crippen LogP contribution in [0.1, 0.15) is 38.7 Å². The van der Waals surface area contributed by atoms with E-state index in [4.69, 9.17) is 16.3 Å². The van der Waals surface area contributed by atoms with E-state index in [1.54, 1.807) is 0 Å². The Morgan fingerprint density at radius 1 is 1.42 bits per heavy atom. The monoisotopic (exact) mass is 281 g/mol. The van der Waals surface area contributed by atoms with Gasteiger partial charge < -0.3 is 10.1 Å². The molecule has 0 aromatic heterocycles. The fourth-order valence-corrected chi connectivity index (χ4v) is 2.69. The molecule has 1 aliphatic heterocycles. The van der Waals surface area contributed by atoms with Gasteiger partial charge in [-0.25, -0.2) is 0 Å². The van der Waals surface area contributed by atoms with E-state index in [1.807, 2.05) is 0 Å². The zero-order valence-electron chi connectivity index (χ0n) is 11.9. The molecule has 2 rings (SSSR count). The SMILES string of the molecule is CC1(C)CCC(CNc2cccc(CCCCl)c2)O1. The number of nitrogens with one attached hydrogen (secondary N) is 1. The Hall–Kier alpha value is -0.730. The van der Waals surface area contributed by atoms with Crippen molar-refractivity contribution in [2.24, 2.45) is 0 Å². The van der Waals surface area contributed by atoms with E-state index in [0.29, 0.717) is 6.10 Å². The maximum Gasteiger partial charge on any atom is 0.0755 e. The van der Waals surface area contributed by atoms with E-state index in [1.165, 1.54) is 11.3 Å². The molecule has 0 bridgehead atoms. The lowest BCUT2D eigenvalue weighted by atomic mass is 10.1. The third-order valence-electron chi connectivity index (χ3n) is 3.61. The normalized spacial score (nSPS) is 21.5. The molecule has 1 aliphatic rings. The number of aryl methyl sites for hydroxylation is 1. The highest BCUT2D eigenvalue weighted by molar-refractivity contribution is 6.17. The van der Waals surface area contributed by atoms with E-state index in [-0.39, 0.29) is 5.60 Å². The van der Waals surface area contributed by atoms with Crippen molar-refractivity contribution < 1.29 is 4.74 Å². The Balaban J connectivity index is 1.82. The van der Waals surface area contributed by atoms with Crippen molar-refractivity contribution in [2.75, 3.05) is 17.7 Å². The van der Waals surface area contributed by atoms with E-state index >= 15 is 0 Å². The van der Waals surface area contributed by atoms with Crippen molar-refractivity contribution >= 4 is 17.3 Å². The molecule has 1 heterocycles. The maximum absolute atomic E-state index is 5.99. The molecular formula is C16H24ClNO. The Labute approximate surface area is 121 Å². The van der Waals surface area contributed by atoms with Crippen LogP contribution in [0.5, 0.6) is 0 Å². The number of hydrogen-bond donors (Lipinski definition) is 1. The minimum atomic E-state index is 0.0501. The summed E-state index contributed by atoms with van der Waals surface area (Å²) in [4.78, 5) is 0. The molecule has 3 heteroatoms. The molecule has 0 amide bonds. The molecule has 0 spiro atoms. The Morgan fingerprint density at radius 3 is 2.95 bits per heavy atom. The first kappa shape index (κ1) is 14.7. The van der Waals surface area contributed by atoms with E-state index in [9.17, 15) is 0 Å². The number of alkyl halides is 1. The van der Waals surface area contributed by atoms with Gasteiger partial charge in [0.05, 0.1) is 11.7 Å². The highest BCUT2D eigenvalue weighted by Gasteiger charge is 2.31. The third kappa shape index (κ3) is 4.70. The zero-order valence-corrected chi connectivity index (χ0v) is 12.7. The third-order valence-corrected chi connectivity index (χ3v) is 3.88. The number of benzene rings is 1. The molecule has 1 unspecified atom stereocenters.